The summed E-state index contributed by atoms with van der Waals surface area (Å²) in [7, 11) is 0. The monoisotopic (exact) mass is 331 g/mol. The summed E-state index contributed by atoms with van der Waals surface area (Å²) in [6.07, 6.45) is 3.12. The van der Waals surface area contributed by atoms with Crippen LogP contribution in [0, 0.1) is 0 Å². The molecule has 0 saturated heterocycles. The number of nitrogens with zero attached hydrogens (tertiary/aromatic N) is 3. The third-order valence-corrected chi connectivity index (χ3v) is 4.72. The van der Waals surface area contributed by atoms with Crippen molar-refractivity contribution in [1.82, 2.24) is 9.66 Å². The van der Waals surface area contributed by atoms with Crippen LogP contribution in [0.15, 0.2) is 83.0 Å². The fourth-order valence-electron chi connectivity index (χ4n) is 2.41. The predicted octanol–water partition coefficient (Wildman–Crippen LogP) is 4.01. The topological polar surface area (TPSA) is 47.2 Å². The van der Waals surface area contributed by atoms with Crippen molar-refractivity contribution in [1.29, 1.82) is 0 Å². The standard InChI is InChI=1S/C19H13N3OS/c23-19-16-11-17(15-9-5-2-6-10-15)24-18(16)20-13-22(19)21-12-14-7-3-1-4-8-14/h1-13H/b21-12-. The van der Waals surface area contributed by atoms with Gasteiger partial charge in [-0.1, -0.05) is 60.7 Å². The van der Waals surface area contributed by atoms with E-state index in [0.717, 1.165) is 20.8 Å². The predicted molar refractivity (Wildman–Crippen MR) is 98.8 cm³/mol. The molecule has 0 unspecified atom stereocenters. The van der Waals surface area contributed by atoms with Crippen molar-refractivity contribution in [2.45, 2.75) is 0 Å². The van der Waals surface area contributed by atoms with Crippen LogP contribution in [0.3, 0.4) is 0 Å². The van der Waals surface area contributed by atoms with Gasteiger partial charge in [-0.3, -0.25) is 4.79 Å². The molecule has 0 radical (unpaired) electrons. The van der Waals surface area contributed by atoms with Crippen molar-refractivity contribution < 1.29 is 0 Å². The van der Waals surface area contributed by atoms with Crippen LogP contribution in [0.25, 0.3) is 20.7 Å². The molecule has 0 atom stereocenters. The maximum Gasteiger partial charge on any atom is 0.282 e. The highest BCUT2D eigenvalue weighted by Gasteiger charge is 2.09. The third-order valence-electron chi connectivity index (χ3n) is 3.62. The van der Waals surface area contributed by atoms with Gasteiger partial charge in [0.05, 0.1) is 11.6 Å². The fourth-order valence-corrected chi connectivity index (χ4v) is 3.40. The van der Waals surface area contributed by atoms with Gasteiger partial charge in [0.25, 0.3) is 5.56 Å². The van der Waals surface area contributed by atoms with Crippen LogP contribution >= 0.6 is 11.3 Å². The lowest BCUT2D eigenvalue weighted by Gasteiger charge is -1.97. The molecule has 116 valence electrons. The first kappa shape index (κ1) is 14.5. The van der Waals surface area contributed by atoms with Gasteiger partial charge in [-0.15, -0.1) is 11.3 Å². The van der Waals surface area contributed by atoms with Crippen LogP contribution in [0.2, 0.25) is 0 Å². The second-order valence-electron chi connectivity index (χ2n) is 5.25. The summed E-state index contributed by atoms with van der Waals surface area (Å²) in [5.41, 5.74) is 1.85. The van der Waals surface area contributed by atoms with Crippen molar-refractivity contribution in [2.75, 3.05) is 0 Å². The zero-order valence-electron chi connectivity index (χ0n) is 12.7. The lowest BCUT2D eigenvalue weighted by molar-refractivity contribution is 0.819. The van der Waals surface area contributed by atoms with Crippen molar-refractivity contribution >= 4 is 27.8 Å². The SMILES string of the molecule is O=c1c2cc(-c3ccccc3)sc2ncn1/N=C\c1ccccc1. The summed E-state index contributed by atoms with van der Waals surface area (Å²) < 4.78 is 1.27. The van der Waals surface area contributed by atoms with E-state index in [1.165, 1.54) is 22.3 Å². The van der Waals surface area contributed by atoms with Crippen molar-refractivity contribution in [3.63, 3.8) is 0 Å². The van der Waals surface area contributed by atoms with Gasteiger partial charge < -0.3 is 0 Å². The van der Waals surface area contributed by atoms with Crippen LogP contribution in [-0.2, 0) is 0 Å². The lowest BCUT2D eigenvalue weighted by atomic mass is 10.2. The van der Waals surface area contributed by atoms with Gasteiger partial charge in [0.2, 0.25) is 0 Å². The molecule has 0 N–H and O–H groups in total. The van der Waals surface area contributed by atoms with Crippen molar-refractivity contribution in [2.24, 2.45) is 5.10 Å². The second-order valence-corrected chi connectivity index (χ2v) is 6.28. The number of hydrogen-bond acceptors (Lipinski definition) is 4. The first-order valence-electron chi connectivity index (χ1n) is 7.47. The van der Waals surface area contributed by atoms with Gasteiger partial charge in [0.1, 0.15) is 11.2 Å². The molecular formula is C19H13N3OS. The highest BCUT2D eigenvalue weighted by atomic mass is 32.1. The molecule has 0 aliphatic rings. The van der Waals surface area contributed by atoms with Crippen LogP contribution in [-0.4, -0.2) is 15.9 Å². The minimum atomic E-state index is -0.161. The van der Waals surface area contributed by atoms with Gasteiger partial charge in [0.15, 0.2) is 0 Å². The van der Waals surface area contributed by atoms with E-state index >= 15 is 0 Å². The number of rotatable bonds is 3. The van der Waals surface area contributed by atoms with Crippen molar-refractivity contribution in [3.8, 4) is 10.4 Å². The molecule has 0 fully saturated rings. The minimum Gasteiger partial charge on any atom is -0.267 e. The molecule has 2 heterocycles. The molecule has 0 amide bonds. The first-order chi connectivity index (χ1) is 11.8. The molecule has 0 bridgehead atoms. The van der Waals surface area contributed by atoms with Crippen molar-refractivity contribution in [3.05, 3.63) is 89.0 Å². The Bertz CT molecular complexity index is 1070. The Kier molecular flexibility index (Phi) is 3.76. The molecule has 2 aromatic carbocycles. The summed E-state index contributed by atoms with van der Waals surface area (Å²) in [6.45, 7) is 0. The zero-order valence-corrected chi connectivity index (χ0v) is 13.5. The lowest BCUT2D eigenvalue weighted by Crippen LogP contribution is -2.16. The van der Waals surface area contributed by atoms with E-state index in [2.05, 4.69) is 10.1 Å². The van der Waals surface area contributed by atoms with E-state index in [0.29, 0.717) is 5.39 Å². The number of thiophene rings is 1. The molecule has 0 aliphatic heterocycles. The maximum absolute atomic E-state index is 12.6. The van der Waals surface area contributed by atoms with Crippen LogP contribution in [0.5, 0.6) is 0 Å². The maximum atomic E-state index is 12.6. The summed E-state index contributed by atoms with van der Waals surface area (Å²) in [6, 6.07) is 21.5. The molecule has 0 aliphatic carbocycles. The highest BCUT2D eigenvalue weighted by Crippen LogP contribution is 2.30. The third kappa shape index (κ3) is 2.77. The Morgan fingerprint density at radius 2 is 1.71 bits per heavy atom. The van der Waals surface area contributed by atoms with E-state index in [-0.39, 0.29) is 5.56 Å². The Morgan fingerprint density at radius 3 is 2.46 bits per heavy atom. The number of fused-ring (bicyclic) bond motifs is 1. The summed E-state index contributed by atoms with van der Waals surface area (Å²) in [4.78, 5) is 18.7. The minimum absolute atomic E-state index is 0.161. The first-order valence-corrected chi connectivity index (χ1v) is 8.29. The van der Waals surface area contributed by atoms with Crippen LogP contribution in [0.1, 0.15) is 5.56 Å². The molecule has 0 saturated carbocycles. The normalized spacial score (nSPS) is 11.3. The molecule has 5 heteroatoms. The van der Waals surface area contributed by atoms with Crippen LogP contribution in [0.4, 0.5) is 0 Å². The average molecular weight is 331 g/mol. The van der Waals surface area contributed by atoms with E-state index < -0.39 is 0 Å². The second kappa shape index (κ2) is 6.22. The average Bonchev–Trinajstić information content (AvgIpc) is 3.08. The van der Waals surface area contributed by atoms with E-state index in [9.17, 15) is 4.79 Å². The Balaban J connectivity index is 1.76. The molecule has 4 nitrogen and oxygen atoms in total. The van der Waals surface area contributed by atoms with Gasteiger partial charge in [-0.2, -0.15) is 9.78 Å². The molecule has 0 spiro atoms. The molecule has 4 aromatic rings. The van der Waals surface area contributed by atoms with E-state index in [4.69, 9.17) is 0 Å². The van der Waals surface area contributed by atoms with E-state index in [1.54, 1.807) is 6.21 Å². The van der Waals surface area contributed by atoms with Crippen LogP contribution < -0.4 is 5.56 Å². The number of benzene rings is 2. The molecule has 4 rings (SSSR count). The molecular weight excluding hydrogens is 318 g/mol. The van der Waals surface area contributed by atoms with Gasteiger partial charge >= 0.3 is 0 Å². The quantitative estimate of drug-likeness (QED) is 0.533. The largest absolute Gasteiger partial charge is 0.282 e. The fraction of sp³-hybridized carbons (Fsp3) is 0. The molecule has 24 heavy (non-hydrogen) atoms. The highest BCUT2D eigenvalue weighted by molar-refractivity contribution is 7.21. The smallest absolute Gasteiger partial charge is 0.267 e. The summed E-state index contributed by atoms with van der Waals surface area (Å²) in [5, 5.41) is 4.82. The number of hydrogen-bond donors (Lipinski definition) is 0. The Hall–Kier alpha value is -3.05. The summed E-state index contributed by atoms with van der Waals surface area (Å²) >= 11 is 1.51. The Labute approximate surface area is 142 Å². The summed E-state index contributed by atoms with van der Waals surface area (Å²) in [5.74, 6) is 0. The van der Waals surface area contributed by atoms with Gasteiger partial charge in [0, 0.05) is 4.88 Å². The number of aromatic nitrogens is 2. The van der Waals surface area contributed by atoms with Gasteiger partial charge in [-0.25, -0.2) is 4.98 Å². The Morgan fingerprint density at radius 1 is 1.00 bits per heavy atom. The van der Waals surface area contributed by atoms with E-state index in [1.807, 2.05) is 66.7 Å². The molecule has 2 aromatic heterocycles. The van der Waals surface area contributed by atoms with Gasteiger partial charge in [-0.05, 0) is 17.2 Å². The zero-order chi connectivity index (χ0) is 16.4.